The summed E-state index contributed by atoms with van der Waals surface area (Å²) in [6.07, 6.45) is 0. The Bertz CT molecular complexity index is 1360. The number of nitro groups is 1. The first-order valence-corrected chi connectivity index (χ1v) is 11.4. The molecule has 2 aromatic rings. The molecule has 14 heteroatoms. The van der Waals surface area contributed by atoms with Gasteiger partial charge in [0.25, 0.3) is 11.4 Å². The number of carbonyl (C=O) groups excluding carboxylic acids is 4. The van der Waals surface area contributed by atoms with Gasteiger partial charge in [-0.15, -0.1) is 0 Å². The SMILES string of the molecule is COC(=O)C1=C(C(=O)OC)N(c2ccc(Cl)cc2)[C@@](O)(C(=O)OC)[C@H](C(=O)OC)C1c1cccc([N+](=O)[O-])c1. The number of methoxy groups -OCH3 is 4. The standard InChI is InChI=1S/C25H23ClN2O11/c1-36-21(29)18-17(13-6-5-7-16(12-13)28(34)35)19(22(30)37-2)25(33,24(32)39-4)27(20(18)23(31)38-3)15-10-8-14(26)9-11-15/h5-12,17,19,33H,1-4H3/t17?,19-,25-/m0/s1. The molecule has 0 saturated heterocycles. The average molecular weight is 563 g/mol. The van der Waals surface area contributed by atoms with Gasteiger partial charge in [0.1, 0.15) is 11.6 Å². The topological polar surface area (TPSA) is 172 Å². The quantitative estimate of drug-likeness (QED) is 0.226. The molecule has 0 spiro atoms. The Labute approximate surface area is 226 Å². The van der Waals surface area contributed by atoms with Crippen LogP contribution in [0.25, 0.3) is 0 Å². The summed E-state index contributed by atoms with van der Waals surface area (Å²) in [5.74, 6) is -8.75. The number of non-ortho nitro benzene ring substituents is 1. The van der Waals surface area contributed by atoms with E-state index >= 15 is 0 Å². The molecule has 1 N–H and O–H groups in total. The van der Waals surface area contributed by atoms with Crippen LogP contribution >= 0.6 is 11.6 Å². The zero-order valence-corrected chi connectivity index (χ0v) is 21.8. The summed E-state index contributed by atoms with van der Waals surface area (Å²) < 4.78 is 19.6. The predicted octanol–water partition coefficient (Wildman–Crippen LogP) is 2.10. The fourth-order valence-electron chi connectivity index (χ4n) is 4.51. The average Bonchev–Trinajstić information content (AvgIpc) is 2.95. The van der Waals surface area contributed by atoms with Gasteiger partial charge in [0.05, 0.1) is 38.9 Å². The highest BCUT2D eigenvalue weighted by Crippen LogP contribution is 2.51. The number of benzene rings is 2. The summed E-state index contributed by atoms with van der Waals surface area (Å²) >= 11 is 6.00. The lowest BCUT2D eigenvalue weighted by Gasteiger charge is -2.49. The van der Waals surface area contributed by atoms with E-state index in [9.17, 15) is 34.4 Å². The van der Waals surface area contributed by atoms with E-state index in [-0.39, 0.29) is 16.3 Å². The third kappa shape index (κ3) is 5.01. The van der Waals surface area contributed by atoms with Crippen LogP contribution in [0.4, 0.5) is 11.4 Å². The second-order valence-corrected chi connectivity index (χ2v) is 8.54. The molecule has 0 fully saturated rings. The molecule has 0 amide bonds. The molecule has 39 heavy (non-hydrogen) atoms. The molecular formula is C25H23ClN2O11. The number of halogens is 1. The molecule has 1 aliphatic heterocycles. The number of esters is 4. The molecule has 0 saturated carbocycles. The van der Waals surface area contributed by atoms with Crippen LogP contribution in [0.5, 0.6) is 0 Å². The molecule has 13 nitrogen and oxygen atoms in total. The summed E-state index contributed by atoms with van der Waals surface area (Å²) in [4.78, 5) is 64.9. The first-order valence-electron chi connectivity index (χ1n) is 11.1. The summed E-state index contributed by atoms with van der Waals surface area (Å²) in [6, 6.07) is 10.1. The minimum absolute atomic E-state index is 0.0829. The van der Waals surface area contributed by atoms with Gasteiger partial charge in [-0.3, -0.25) is 19.8 Å². The molecule has 0 radical (unpaired) electrons. The van der Waals surface area contributed by atoms with Crippen molar-refractivity contribution in [3.8, 4) is 0 Å². The Kier molecular flexibility index (Phi) is 8.57. The molecule has 3 rings (SSSR count). The summed E-state index contributed by atoms with van der Waals surface area (Å²) in [7, 11) is 3.87. The van der Waals surface area contributed by atoms with Crippen molar-refractivity contribution in [3.63, 3.8) is 0 Å². The monoisotopic (exact) mass is 562 g/mol. The third-order valence-electron chi connectivity index (χ3n) is 6.15. The summed E-state index contributed by atoms with van der Waals surface area (Å²) in [5, 5.41) is 24.0. The maximum atomic E-state index is 13.4. The second kappa shape index (κ2) is 11.5. The van der Waals surface area contributed by atoms with Crippen molar-refractivity contribution in [3.05, 3.63) is 80.5 Å². The van der Waals surface area contributed by atoms with Crippen LogP contribution < -0.4 is 4.90 Å². The van der Waals surface area contributed by atoms with Crippen LogP contribution in [0.2, 0.25) is 5.02 Å². The maximum absolute atomic E-state index is 13.4. The largest absolute Gasteiger partial charge is 0.469 e. The highest BCUT2D eigenvalue weighted by Gasteiger charge is 2.65. The fraction of sp³-hybridized carbons (Fsp3) is 0.280. The van der Waals surface area contributed by atoms with E-state index in [4.69, 9.17) is 30.5 Å². The Hall–Kier alpha value is -4.49. The van der Waals surface area contributed by atoms with Crippen LogP contribution in [-0.2, 0) is 38.1 Å². The van der Waals surface area contributed by atoms with Crippen molar-refractivity contribution in [2.45, 2.75) is 11.6 Å². The van der Waals surface area contributed by atoms with Crippen LogP contribution in [0, 0.1) is 16.0 Å². The molecule has 1 aliphatic rings. The second-order valence-electron chi connectivity index (χ2n) is 8.11. The smallest absolute Gasteiger partial charge is 0.360 e. The minimum Gasteiger partial charge on any atom is -0.469 e. The molecule has 0 aliphatic carbocycles. The number of carbonyl (C=O) groups is 4. The fourth-order valence-corrected chi connectivity index (χ4v) is 4.64. The zero-order chi connectivity index (χ0) is 29.1. The van der Waals surface area contributed by atoms with Gasteiger partial charge >= 0.3 is 23.9 Å². The van der Waals surface area contributed by atoms with Crippen molar-refractivity contribution in [1.82, 2.24) is 0 Å². The minimum atomic E-state index is -3.06. The molecule has 0 bridgehead atoms. The van der Waals surface area contributed by atoms with Crippen molar-refractivity contribution < 1.29 is 48.2 Å². The maximum Gasteiger partial charge on any atom is 0.360 e. The molecule has 1 unspecified atom stereocenters. The van der Waals surface area contributed by atoms with Gasteiger partial charge in [0.2, 0.25) is 0 Å². The molecule has 1 heterocycles. The van der Waals surface area contributed by atoms with E-state index in [1.807, 2.05) is 0 Å². The molecule has 3 atom stereocenters. The first-order chi connectivity index (χ1) is 18.5. The number of nitrogens with zero attached hydrogens (tertiary/aromatic N) is 2. The number of hydrogen-bond acceptors (Lipinski definition) is 12. The van der Waals surface area contributed by atoms with Crippen molar-refractivity contribution in [2.24, 2.45) is 5.92 Å². The number of aliphatic hydroxyl groups is 1. The highest BCUT2D eigenvalue weighted by atomic mass is 35.5. The zero-order valence-electron chi connectivity index (χ0n) is 21.1. The first kappa shape index (κ1) is 29.1. The van der Waals surface area contributed by atoms with Gasteiger partial charge in [0.15, 0.2) is 0 Å². The van der Waals surface area contributed by atoms with Gasteiger partial charge in [-0.05, 0) is 29.8 Å². The van der Waals surface area contributed by atoms with Gasteiger partial charge in [-0.2, -0.15) is 0 Å². The lowest BCUT2D eigenvalue weighted by atomic mass is 9.70. The Morgan fingerprint density at radius 3 is 2.08 bits per heavy atom. The number of hydrogen-bond donors (Lipinski definition) is 1. The molecule has 0 aromatic heterocycles. The Balaban J connectivity index is 2.62. The summed E-state index contributed by atoms with van der Waals surface area (Å²) in [6.45, 7) is 0. The van der Waals surface area contributed by atoms with Gasteiger partial charge in [-0.25, -0.2) is 14.4 Å². The van der Waals surface area contributed by atoms with Crippen LogP contribution in [0.15, 0.2) is 59.8 Å². The number of rotatable bonds is 7. The lowest BCUT2D eigenvalue weighted by molar-refractivity contribution is -0.384. The van der Waals surface area contributed by atoms with Gasteiger partial charge in [0, 0.05) is 28.8 Å². The van der Waals surface area contributed by atoms with Crippen LogP contribution in [0.1, 0.15) is 11.5 Å². The van der Waals surface area contributed by atoms with E-state index < -0.39 is 63.3 Å². The number of ether oxygens (including phenoxy) is 4. The summed E-state index contributed by atoms with van der Waals surface area (Å²) in [5.41, 5.74) is -4.94. The van der Waals surface area contributed by atoms with Gasteiger partial charge in [-0.1, -0.05) is 23.7 Å². The van der Waals surface area contributed by atoms with E-state index in [0.717, 1.165) is 40.6 Å². The predicted molar refractivity (Wildman–Crippen MR) is 133 cm³/mol. The Morgan fingerprint density at radius 1 is 0.949 bits per heavy atom. The van der Waals surface area contributed by atoms with Crippen molar-refractivity contribution in [1.29, 1.82) is 0 Å². The van der Waals surface area contributed by atoms with Crippen LogP contribution in [0.3, 0.4) is 0 Å². The highest BCUT2D eigenvalue weighted by molar-refractivity contribution is 6.30. The van der Waals surface area contributed by atoms with E-state index in [2.05, 4.69) is 0 Å². The normalized spacial score (nSPS) is 20.6. The molecule has 206 valence electrons. The third-order valence-corrected chi connectivity index (χ3v) is 6.40. The van der Waals surface area contributed by atoms with E-state index in [1.54, 1.807) is 0 Å². The Morgan fingerprint density at radius 2 is 1.56 bits per heavy atom. The van der Waals surface area contributed by atoms with E-state index in [1.165, 1.54) is 36.4 Å². The number of nitro benzene ring substituents is 1. The molecule has 2 aromatic carbocycles. The van der Waals surface area contributed by atoms with Crippen molar-refractivity contribution in [2.75, 3.05) is 33.3 Å². The van der Waals surface area contributed by atoms with Crippen LogP contribution in [-0.4, -0.2) is 68.1 Å². The van der Waals surface area contributed by atoms with E-state index in [0.29, 0.717) is 4.90 Å². The molecular weight excluding hydrogens is 540 g/mol. The van der Waals surface area contributed by atoms with Gasteiger partial charge < -0.3 is 24.1 Å². The van der Waals surface area contributed by atoms with Crippen molar-refractivity contribution >= 4 is 46.9 Å². The number of anilines is 1. The lowest BCUT2D eigenvalue weighted by Crippen LogP contribution is -2.67.